The molecule has 1 saturated heterocycles. The Morgan fingerprint density at radius 3 is 2.58 bits per heavy atom. The summed E-state index contributed by atoms with van der Waals surface area (Å²) in [5.41, 5.74) is 2.74. The Morgan fingerprint density at radius 2 is 1.85 bits per heavy atom. The van der Waals surface area contributed by atoms with Gasteiger partial charge in [-0.1, -0.05) is 6.07 Å². The zero-order valence-electron chi connectivity index (χ0n) is 19.1. The molecule has 2 amide bonds. The third kappa shape index (κ3) is 5.45. The maximum atomic E-state index is 13.3. The van der Waals surface area contributed by atoms with Gasteiger partial charge in [-0.25, -0.2) is 4.39 Å². The van der Waals surface area contributed by atoms with Crippen molar-refractivity contribution in [2.24, 2.45) is 5.92 Å². The summed E-state index contributed by atoms with van der Waals surface area (Å²) >= 11 is 0. The molecule has 33 heavy (non-hydrogen) atoms. The number of rotatable bonds is 7. The first-order valence-electron chi connectivity index (χ1n) is 11.3. The standard InChI is InChI=1S/C25H30FN3O4/c1-32-22-12-17-7-11-29(16-19(17)13-23(22)33-2)25(31)18-6-9-28(15-18)10-8-24(30)27-21-5-3-4-20(26)14-21/h3-5,12-14,18H,6-11,15-16H2,1-2H3,(H,27,30). The number of methoxy groups -OCH3 is 2. The van der Waals surface area contributed by atoms with Crippen LogP contribution in [0.2, 0.25) is 0 Å². The van der Waals surface area contributed by atoms with E-state index in [9.17, 15) is 14.0 Å². The first kappa shape index (κ1) is 23.0. The van der Waals surface area contributed by atoms with E-state index in [4.69, 9.17) is 9.47 Å². The van der Waals surface area contributed by atoms with Gasteiger partial charge in [-0.05, 0) is 60.8 Å². The van der Waals surface area contributed by atoms with E-state index in [1.54, 1.807) is 26.4 Å². The smallest absolute Gasteiger partial charge is 0.227 e. The Balaban J connectivity index is 1.28. The molecule has 2 aromatic rings. The number of fused-ring (bicyclic) bond motifs is 1. The van der Waals surface area contributed by atoms with Crippen LogP contribution in [-0.4, -0.2) is 62.0 Å². The van der Waals surface area contributed by atoms with Crippen LogP contribution in [0.3, 0.4) is 0 Å². The number of ether oxygens (including phenoxy) is 2. The minimum Gasteiger partial charge on any atom is -0.493 e. The van der Waals surface area contributed by atoms with Crippen molar-refractivity contribution in [2.45, 2.75) is 25.8 Å². The molecule has 7 nitrogen and oxygen atoms in total. The fourth-order valence-electron chi connectivity index (χ4n) is 4.62. The fourth-order valence-corrected chi connectivity index (χ4v) is 4.62. The summed E-state index contributed by atoms with van der Waals surface area (Å²) < 4.78 is 24.1. The van der Waals surface area contributed by atoms with Crippen LogP contribution >= 0.6 is 0 Å². The Bertz CT molecular complexity index is 1030. The number of benzene rings is 2. The van der Waals surface area contributed by atoms with E-state index in [2.05, 4.69) is 10.2 Å². The molecule has 0 spiro atoms. The molecule has 176 valence electrons. The van der Waals surface area contributed by atoms with Crippen molar-refractivity contribution in [2.75, 3.05) is 45.7 Å². The number of hydrogen-bond donors (Lipinski definition) is 1. The van der Waals surface area contributed by atoms with Crippen LogP contribution in [0.15, 0.2) is 36.4 Å². The van der Waals surface area contributed by atoms with Crippen molar-refractivity contribution in [3.63, 3.8) is 0 Å². The van der Waals surface area contributed by atoms with E-state index in [0.717, 1.165) is 24.9 Å². The zero-order valence-corrected chi connectivity index (χ0v) is 19.1. The molecule has 0 aliphatic carbocycles. The van der Waals surface area contributed by atoms with Gasteiger partial charge in [0.05, 0.1) is 20.1 Å². The van der Waals surface area contributed by atoms with Gasteiger partial charge in [-0.3, -0.25) is 9.59 Å². The average Bonchev–Trinajstić information content (AvgIpc) is 3.30. The van der Waals surface area contributed by atoms with Gasteiger partial charge in [-0.2, -0.15) is 0 Å². The van der Waals surface area contributed by atoms with E-state index in [0.29, 0.717) is 49.8 Å². The number of likely N-dealkylation sites (tertiary alicyclic amines) is 1. The first-order chi connectivity index (χ1) is 16.0. The third-order valence-corrected chi connectivity index (χ3v) is 6.41. The molecule has 1 atom stereocenters. The summed E-state index contributed by atoms with van der Waals surface area (Å²) in [5, 5.41) is 2.72. The van der Waals surface area contributed by atoms with Crippen LogP contribution in [0.4, 0.5) is 10.1 Å². The summed E-state index contributed by atoms with van der Waals surface area (Å²) in [6.45, 7) is 3.28. The van der Waals surface area contributed by atoms with Gasteiger partial charge in [-0.15, -0.1) is 0 Å². The molecule has 2 aromatic carbocycles. The van der Waals surface area contributed by atoms with E-state index in [1.165, 1.54) is 17.7 Å². The molecule has 8 heteroatoms. The number of nitrogens with zero attached hydrogens (tertiary/aromatic N) is 2. The molecule has 1 N–H and O–H groups in total. The number of nitrogens with one attached hydrogen (secondary N) is 1. The summed E-state index contributed by atoms with van der Waals surface area (Å²) in [7, 11) is 3.24. The maximum absolute atomic E-state index is 13.3. The van der Waals surface area contributed by atoms with Crippen LogP contribution in [0.5, 0.6) is 11.5 Å². The molecule has 1 fully saturated rings. The van der Waals surface area contributed by atoms with Gasteiger partial charge in [0.15, 0.2) is 11.5 Å². The lowest BCUT2D eigenvalue weighted by molar-refractivity contribution is -0.136. The van der Waals surface area contributed by atoms with Crippen LogP contribution in [0, 0.1) is 11.7 Å². The van der Waals surface area contributed by atoms with Gasteiger partial charge >= 0.3 is 0 Å². The quantitative estimate of drug-likeness (QED) is 0.695. The minimum atomic E-state index is -0.383. The van der Waals surface area contributed by atoms with Gasteiger partial charge in [0.25, 0.3) is 0 Å². The fraction of sp³-hybridized carbons (Fsp3) is 0.440. The molecule has 4 rings (SSSR count). The first-order valence-corrected chi connectivity index (χ1v) is 11.3. The van der Waals surface area contributed by atoms with Crippen molar-refractivity contribution in [3.8, 4) is 11.5 Å². The van der Waals surface area contributed by atoms with Crippen molar-refractivity contribution in [3.05, 3.63) is 53.3 Å². The van der Waals surface area contributed by atoms with Gasteiger partial charge < -0.3 is 24.6 Å². The van der Waals surface area contributed by atoms with Crippen LogP contribution in [0.25, 0.3) is 0 Å². The molecular formula is C25H30FN3O4. The predicted octanol–water partition coefficient (Wildman–Crippen LogP) is 3.08. The second-order valence-electron chi connectivity index (χ2n) is 8.58. The van der Waals surface area contributed by atoms with E-state index in [-0.39, 0.29) is 23.5 Å². The predicted molar refractivity (Wildman–Crippen MR) is 123 cm³/mol. The van der Waals surface area contributed by atoms with E-state index in [1.807, 2.05) is 17.0 Å². The molecule has 2 heterocycles. The number of amides is 2. The van der Waals surface area contributed by atoms with Gasteiger partial charge in [0.1, 0.15) is 5.82 Å². The number of halogens is 1. The maximum Gasteiger partial charge on any atom is 0.227 e. The average molecular weight is 456 g/mol. The molecule has 0 bridgehead atoms. The summed E-state index contributed by atoms with van der Waals surface area (Å²) in [6, 6.07) is 9.82. The molecule has 0 saturated carbocycles. The van der Waals surface area contributed by atoms with Crippen molar-refractivity contribution in [1.82, 2.24) is 9.80 Å². The highest BCUT2D eigenvalue weighted by Crippen LogP contribution is 2.34. The van der Waals surface area contributed by atoms with Crippen molar-refractivity contribution < 1.29 is 23.5 Å². The van der Waals surface area contributed by atoms with Crippen molar-refractivity contribution >= 4 is 17.5 Å². The lowest BCUT2D eigenvalue weighted by Crippen LogP contribution is -2.40. The van der Waals surface area contributed by atoms with Gasteiger partial charge in [0.2, 0.25) is 11.8 Å². The number of anilines is 1. The molecule has 1 unspecified atom stereocenters. The Morgan fingerprint density at radius 1 is 1.09 bits per heavy atom. The van der Waals surface area contributed by atoms with E-state index < -0.39 is 0 Å². The van der Waals surface area contributed by atoms with E-state index >= 15 is 0 Å². The topological polar surface area (TPSA) is 71.1 Å². The minimum absolute atomic E-state index is 0.0574. The second kappa shape index (κ2) is 10.2. The molecular weight excluding hydrogens is 425 g/mol. The second-order valence-corrected chi connectivity index (χ2v) is 8.58. The number of carbonyl (C=O) groups is 2. The Kier molecular flexibility index (Phi) is 7.13. The summed E-state index contributed by atoms with van der Waals surface area (Å²) in [6.07, 6.45) is 1.88. The van der Waals surface area contributed by atoms with Crippen LogP contribution < -0.4 is 14.8 Å². The SMILES string of the molecule is COc1cc2c(cc1OC)CN(C(=O)C1CCN(CCC(=O)Nc3cccc(F)c3)C1)CC2. The summed E-state index contributed by atoms with van der Waals surface area (Å²) in [4.78, 5) is 29.5. The molecule has 2 aliphatic rings. The molecule has 0 radical (unpaired) electrons. The normalized spacial score (nSPS) is 18.0. The third-order valence-electron chi connectivity index (χ3n) is 6.41. The molecule has 2 aliphatic heterocycles. The largest absolute Gasteiger partial charge is 0.493 e. The van der Waals surface area contributed by atoms with Crippen LogP contribution in [-0.2, 0) is 22.6 Å². The highest BCUT2D eigenvalue weighted by molar-refractivity contribution is 5.90. The van der Waals surface area contributed by atoms with Crippen molar-refractivity contribution in [1.29, 1.82) is 0 Å². The van der Waals surface area contributed by atoms with Crippen LogP contribution in [0.1, 0.15) is 24.0 Å². The highest BCUT2D eigenvalue weighted by atomic mass is 19.1. The number of hydrogen-bond acceptors (Lipinski definition) is 5. The Hall–Kier alpha value is -3.13. The zero-order chi connectivity index (χ0) is 23.4. The lowest BCUT2D eigenvalue weighted by atomic mass is 9.97. The summed E-state index contributed by atoms with van der Waals surface area (Å²) in [5.74, 6) is 0.956. The molecule has 0 aromatic heterocycles. The Labute approximate surface area is 193 Å². The monoisotopic (exact) mass is 455 g/mol. The van der Waals surface area contributed by atoms with Gasteiger partial charge in [0, 0.05) is 38.3 Å². The highest BCUT2D eigenvalue weighted by Gasteiger charge is 2.33. The number of carbonyl (C=O) groups excluding carboxylic acids is 2. The lowest BCUT2D eigenvalue weighted by Gasteiger charge is -2.31.